The molecule has 5 nitrogen and oxygen atoms in total. The maximum absolute atomic E-state index is 12.1. The first-order valence-corrected chi connectivity index (χ1v) is 7.75. The van der Waals surface area contributed by atoms with Crippen molar-refractivity contribution in [3.05, 3.63) is 36.0 Å². The van der Waals surface area contributed by atoms with Gasteiger partial charge in [-0.15, -0.1) is 0 Å². The highest BCUT2D eigenvalue weighted by Gasteiger charge is 2.22. The monoisotopic (exact) mass is 296 g/mol. The third-order valence-electron chi connectivity index (χ3n) is 4.24. The fraction of sp³-hybridized carbons (Fsp3) is 0.412. The number of nitrogens with one attached hydrogen (secondary N) is 2. The maximum Gasteiger partial charge on any atom is 0.317 e. The smallest absolute Gasteiger partial charge is 0.317 e. The number of hydrogen-bond acceptors (Lipinski definition) is 2. The van der Waals surface area contributed by atoms with Crippen molar-refractivity contribution in [3.63, 3.8) is 0 Å². The highest BCUT2D eigenvalue weighted by Crippen LogP contribution is 2.18. The number of piperidine rings is 1. The van der Waals surface area contributed by atoms with Gasteiger partial charge < -0.3 is 15.2 Å². The van der Waals surface area contributed by atoms with Crippen LogP contribution in [0.2, 0.25) is 0 Å². The SMILES string of the molecule is N#CC1CCCN(C(=O)NCCc2c[nH]c3ccccc23)C1. The van der Waals surface area contributed by atoms with Crippen LogP contribution in [0.5, 0.6) is 0 Å². The number of fused-ring (bicyclic) bond motifs is 1. The van der Waals surface area contributed by atoms with Gasteiger partial charge in [0.25, 0.3) is 0 Å². The van der Waals surface area contributed by atoms with E-state index in [-0.39, 0.29) is 11.9 Å². The number of carbonyl (C=O) groups is 1. The van der Waals surface area contributed by atoms with Gasteiger partial charge in [0.15, 0.2) is 0 Å². The zero-order valence-electron chi connectivity index (χ0n) is 12.5. The van der Waals surface area contributed by atoms with E-state index in [1.165, 1.54) is 10.9 Å². The molecule has 3 rings (SSSR count). The van der Waals surface area contributed by atoms with Gasteiger partial charge in [-0.3, -0.25) is 0 Å². The maximum atomic E-state index is 12.1. The van der Waals surface area contributed by atoms with Crippen molar-refractivity contribution in [2.45, 2.75) is 19.3 Å². The summed E-state index contributed by atoms with van der Waals surface area (Å²) in [5.41, 5.74) is 2.33. The number of likely N-dealkylation sites (tertiary alicyclic amines) is 1. The molecule has 1 aliphatic rings. The highest BCUT2D eigenvalue weighted by atomic mass is 16.2. The van der Waals surface area contributed by atoms with E-state index < -0.39 is 0 Å². The molecule has 2 heterocycles. The van der Waals surface area contributed by atoms with Crippen LogP contribution in [0.1, 0.15) is 18.4 Å². The topological polar surface area (TPSA) is 71.9 Å². The van der Waals surface area contributed by atoms with Crippen molar-refractivity contribution in [2.24, 2.45) is 5.92 Å². The number of nitrogens with zero attached hydrogens (tertiary/aromatic N) is 2. The molecule has 2 N–H and O–H groups in total. The quantitative estimate of drug-likeness (QED) is 0.914. The van der Waals surface area contributed by atoms with E-state index in [0.717, 1.165) is 31.3 Å². The van der Waals surface area contributed by atoms with Crippen LogP contribution in [0.25, 0.3) is 10.9 Å². The number of aromatic amines is 1. The fourth-order valence-electron chi connectivity index (χ4n) is 3.02. The molecule has 1 aliphatic heterocycles. The molecule has 5 heteroatoms. The van der Waals surface area contributed by atoms with Crippen molar-refractivity contribution in [2.75, 3.05) is 19.6 Å². The normalized spacial score (nSPS) is 18.1. The molecule has 1 unspecified atom stereocenters. The van der Waals surface area contributed by atoms with Crippen molar-refractivity contribution in [1.29, 1.82) is 5.26 Å². The molecule has 1 aromatic carbocycles. The van der Waals surface area contributed by atoms with E-state index in [4.69, 9.17) is 5.26 Å². The molecular weight excluding hydrogens is 276 g/mol. The first-order valence-electron chi connectivity index (χ1n) is 7.75. The van der Waals surface area contributed by atoms with Crippen LogP contribution in [0.15, 0.2) is 30.5 Å². The number of benzene rings is 1. The summed E-state index contributed by atoms with van der Waals surface area (Å²) >= 11 is 0. The summed E-state index contributed by atoms with van der Waals surface area (Å²) < 4.78 is 0. The van der Waals surface area contributed by atoms with Crippen LogP contribution in [0.3, 0.4) is 0 Å². The number of H-pyrrole nitrogens is 1. The zero-order chi connectivity index (χ0) is 15.4. The number of urea groups is 1. The summed E-state index contributed by atoms with van der Waals surface area (Å²) in [5, 5.41) is 13.2. The number of carbonyl (C=O) groups excluding carboxylic acids is 1. The Bertz CT molecular complexity index is 700. The Labute approximate surface area is 129 Å². The third-order valence-corrected chi connectivity index (χ3v) is 4.24. The summed E-state index contributed by atoms with van der Waals surface area (Å²) in [6, 6.07) is 10.4. The van der Waals surface area contributed by atoms with Crippen LogP contribution < -0.4 is 5.32 Å². The van der Waals surface area contributed by atoms with Crippen LogP contribution in [-0.2, 0) is 6.42 Å². The van der Waals surface area contributed by atoms with Gasteiger partial charge >= 0.3 is 6.03 Å². The van der Waals surface area contributed by atoms with E-state index >= 15 is 0 Å². The average molecular weight is 296 g/mol. The minimum Gasteiger partial charge on any atom is -0.361 e. The minimum atomic E-state index is -0.0557. The van der Waals surface area contributed by atoms with Crippen LogP contribution in [0.4, 0.5) is 4.79 Å². The molecule has 0 bridgehead atoms. The molecule has 2 amide bonds. The molecule has 0 radical (unpaired) electrons. The Morgan fingerprint density at radius 2 is 2.32 bits per heavy atom. The Morgan fingerprint density at radius 1 is 1.45 bits per heavy atom. The number of hydrogen-bond donors (Lipinski definition) is 2. The lowest BCUT2D eigenvalue weighted by atomic mass is 10.0. The van der Waals surface area contributed by atoms with Gasteiger partial charge in [-0.05, 0) is 30.9 Å². The third kappa shape index (κ3) is 3.06. The lowest BCUT2D eigenvalue weighted by Crippen LogP contribution is -2.45. The van der Waals surface area contributed by atoms with Gasteiger partial charge in [0.2, 0.25) is 0 Å². The van der Waals surface area contributed by atoms with Crippen LogP contribution in [0, 0.1) is 17.2 Å². The molecule has 1 aromatic heterocycles. The Balaban J connectivity index is 1.52. The molecule has 0 spiro atoms. The molecular formula is C17H20N4O. The lowest BCUT2D eigenvalue weighted by Gasteiger charge is -2.29. The summed E-state index contributed by atoms with van der Waals surface area (Å²) in [5.74, 6) is -0.0203. The first-order chi connectivity index (χ1) is 10.8. The molecule has 1 atom stereocenters. The van der Waals surface area contributed by atoms with Gasteiger partial charge in [0, 0.05) is 36.7 Å². The Hall–Kier alpha value is -2.48. The number of para-hydroxylation sites is 1. The van der Waals surface area contributed by atoms with E-state index in [9.17, 15) is 4.79 Å². The molecule has 0 aliphatic carbocycles. The molecule has 22 heavy (non-hydrogen) atoms. The Morgan fingerprint density at radius 3 is 3.18 bits per heavy atom. The molecule has 2 aromatic rings. The zero-order valence-corrected chi connectivity index (χ0v) is 12.5. The molecule has 0 saturated carbocycles. The predicted molar refractivity (Wildman–Crippen MR) is 85.3 cm³/mol. The summed E-state index contributed by atoms with van der Waals surface area (Å²) in [6.07, 6.45) is 4.61. The Kier molecular flexibility index (Phi) is 4.29. The number of nitriles is 1. The molecule has 1 fully saturated rings. The van der Waals surface area contributed by atoms with Crippen molar-refractivity contribution in [1.82, 2.24) is 15.2 Å². The average Bonchev–Trinajstić information content (AvgIpc) is 2.98. The van der Waals surface area contributed by atoms with Gasteiger partial charge in [0.1, 0.15) is 0 Å². The van der Waals surface area contributed by atoms with E-state index in [0.29, 0.717) is 13.1 Å². The second kappa shape index (κ2) is 6.52. The summed E-state index contributed by atoms with van der Waals surface area (Å²) in [4.78, 5) is 17.1. The second-order valence-electron chi connectivity index (χ2n) is 5.76. The van der Waals surface area contributed by atoms with Crippen molar-refractivity contribution < 1.29 is 4.79 Å². The van der Waals surface area contributed by atoms with E-state index in [1.54, 1.807) is 4.90 Å². The van der Waals surface area contributed by atoms with Crippen LogP contribution in [-0.4, -0.2) is 35.5 Å². The van der Waals surface area contributed by atoms with Crippen molar-refractivity contribution in [3.8, 4) is 6.07 Å². The number of rotatable bonds is 3. The molecule has 1 saturated heterocycles. The lowest BCUT2D eigenvalue weighted by molar-refractivity contribution is 0.176. The standard InChI is InChI=1S/C17H20N4O/c18-10-13-4-3-9-21(12-13)17(22)19-8-7-14-11-20-16-6-2-1-5-15(14)16/h1-2,5-6,11,13,20H,3-4,7-9,12H2,(H,19,22). The highest BCUT2D eigenvalue weighted by molar-refractivity contribution is 5.83. The first kappa shape index (κ1) is 14.5. The van der Waals surface area contributed by atoms with Crippen molar-refractivity contribution >= 4 is 16.9 Å². The van der Waals surface area contributed by atoms with E-state index in [1.807, 2.05) is 24.4 Å². The second-order valence-corrected chi connectivity index (χ2v) is 5.76. The predicted octanol–water partition coefficient (Wildman–Crippen LogP) is 2.66. The number of aromatic nitrogens is 1. The van der Waals surface area contributed by atoms with Gasteiger partial charge in [-0.2, -0.15) is 5.26 Å². The molecule has 114 valence electrons. The van der Waals surface area contributed by atoms with E-state index in [2.05, 4.69) is 22.4 Å². The van der Waals surface area contributed by atoms with Crippen LogP contribution >= 0.6 is 0 Å². The van der Waals surface area contributed by atoms with Gasteiger partial charge in [0.05, 0.1) is 12.0 Å². The van der Waals surface area contributed by atoms with Gasteiger partial charge in [-0.1, -0.05) is 18.2 Å². The minimum absolute atomic E-state index is 0.0203. The fourth-order valence-corrected chi connectivity index (χ4v) is 3.02. The summed E-state index contributed by atoms with van der Waals surface area (Å²) in [7, 11) is 0. The number of amides is 2. The largest absolute Gasteiger partial charge is 0.361 e. The summed E-state index contributed by atoms with van der Waals surface area (Å²) in [6.45, 7) is 1.90. The van der Waals surface area contributed by atoms with Gasteiger partial charge in [-0.25, -0.2) is 4.79 Å².